The number of aryl methyl sites for hydroxylation is 1. The van der Waals surface area contributed by atoms with Crippen LogP contribution in [0.5, 0.6) is 0 Å². The van der Waals surface area contributed by atoms with E-state index in [-0.39, 0.29) is 11.3 Å². The van der Waals surface area contributed by atoms with Crippen LogP contribution in [-0.4, -0.2) is 16.8 Å². The largest absolute Gasteiger partial charge is 0.422 e. The molecule has 168 valence electrons. The maximum atomic E-state index is 13.1. The zero-order chi connectivity index (χ0) is 23.8. The fourth-order valence-corrected chi connectivity index (χ4v) is 4.24. The summed E-state index contributed by atoms with van der Waals surface area (Å²) in [4.78, 5) is 41.2. The molecular formula is C26H18BrN3O4. The van der Waals surface area contributed by atoms with Crippen LogP contribution in [0.1, 0.15) is 26.4 Å². The van der Waals surface area contributed by atoms with Gasteiger partial charge in [-0.2, -0.15) is 0 Å². The van der Waals surface area contributed by atoms with Gasteiger partial charge < -0.3 is 9.40 Å². The van der Waals surface area contributed by atoms with Crippen molar-refractivity contribution in [2.75, 3.05) is 0 Å². The number of rotatable bonds is 3. The van der Waals surface area contributed by atoms with Crippen molar-refractivity contribution < 1.29 is 14.0 Å². The van der Waals surface area contributed by atoms with Gasteiger partial charge in [0.1, 0.15) is 16.8 Å². The number of H-pyrrole nitrogens is 1. The first-order chi connectivity index (χ1) is 16.4. The number of fused-ring (bicyclic) bond motifs is 2. The van der Waals surface area contributed by atoms with Gasteiger partial charge in [0.25, 0.3) is 11.8 Å². The Bertz CT molecular complexity index is 1640. The van der Waals surface area contributed by atoms with E-state index in [1.165, 1.54) is 6.07 Å². The number of carbonyl (C=O) groups is 2. The summed E-state index contributed by atoms with van der Waals surface area (Å²) in [6.45, 7) is 1.90. The Morgan fingerprint density at radius 2 is 1.68 bits per heavy atom. The molecule has 0 unspecified atom stereocenters. The lowest BCUT2D eigenvalue weighted by Crippen LogP contribution is -2.43. The average Bonchev–Trinajstić information content (AvgIpc) is 3.21. The summed E-state index contributed by atoms with van der Waals surface area (Å²) >= 11 is 3.48. The summed E-state index contributed by atoms with van der Waals surface area (Å²) in [6, 6.07) is 21.9. The number of hydrazine groups is 1. The maximum absolute atomic E-state index is 13.1. The predicted molar refractivity (Wildman–Crippen MR) is 134 cm³/mol. The fraction of sp³-hybridized carbons (Fsp3) is 0.0385. The number of hydrogen-bond acceptors (Lipinski definition) is 4. The molecule has 0 aliphatic rings. The standard InChI is InChI=1S/C26H18BrN3O4/c1-14-7-10-21-16(11-14)12-19(26(33)34-21)24(31)29-30-25(32)23-22(15-5-3-2-4-6-15)18-13-17(27)8-9-20(18)28-23/h2-13,28H,1H3,(H,29,31)(H,30,32). The van der Waals surface area contributed by atoms with Crippen LogP contribution in [0, 0.1) is 6.92 Å². The third kappa shape index (κ3) is 3.99. The monoisotopic (exact) mass is 515 g/mol. The Hall–Kier alpha value is -4.17. The molecule has 8 heteroatoms. The van der Waals surface area contributed by atoms with E-state index in [9.17, 15) is 14.4 Å². The molecule has 34 heavy (non-hydrogen) atoms. The van der Waals surface area contributed by atoms with E-state index in [1.807, 2.05) is 67.6 Å². The molecule has 2 amide bonds. The molecule has 0 saturated heterocycles. The minimum atomic E-state index is -0.788. The topological polar surface area (TPSA) is 104 Å². The Balaban J connectivity index is 1.46. The number of nitrogens with one attached hydrogen (secondary N) is 3. The molecular weight excluding hydrogens is 498 g/mol. The van der Waals surface area contributed by atoms with Crippen LogP contribution >= 0.6 is 15.9 Å². The molecule has 3 N–H and O–H groups in total. The van der Waals surface area contributed by atoms with Crippen LogP contribution in [0.15, 0.2) is 86.5 Å². The van der Waals surface area contributed by atoms with Crippen molar-refractivity contribution in [3.8, 4) is 11.1 Å². The summed E-state index contributed by atoms with van der Waals surface area (Å²) in [6.07, 6.45) is 0. The van der Waals surface area contributed by atoms with E-state index in [1.54, 1.807) is 6.07 Å². The SMILES string of the molecule is Cc1ccc2oc(=O)c(C(=O)NNC(=O)c3[nH]c4ccc(Br)cc4c3-c3ccccc3)cc2c1. The van der Waals surface area contributed by atoms with Gasteiger partial charge in [-0.05, 0) is 48.9 Å². The second-order valence-corrected chi connectivity index (χ2v) is 8.74. The molecule has 5 rings (SSSR count). The Morgan fingerprint density at radius 3 is 2.47 bits per heavy atom. The Labute approximate surface area is 201 Å². The van der Waals surface area contributed by atoms with Gasteiger partial charge in [0.15, 0.2) is 0 Å². The van der Waals surface area contributed by atoms with E-state index in [2.05, 4.69) is 31.8 Å². The number of aromatic amines is 1. The van der Waals surface area contributed by atoms with Crippen molar-refractivity contribution in [2.45, 2.75) is 6.92 Å². The van der Waals surface area contributed by atoms with Gasteiger partial charge in [0, 0.05) is 26.3 Å². The molecule has 2 heterocycles. The molecule has 0 fully saturated rings. The first kappa shape index (κ1) is 21.7. The third-order valence-corrected chi connectivity index (χ3v) is 5.97. The van der Waals surface area contributed by atoms with Crippen LogP contribution in [0.25, 0.3) is 33.0 Å². The van der Waals surface area contributed by atoms with Crippen LogP contribution in [-0.2, 0) is 0 Å². The highest BCUT2D eigenvalue weighted by Crippen LogP contribution is 2.34. The van der Waals surface area contributed by atoms with Gasteiger partial charge in [0.05, 0.1) is 0 Å². The Morgan fingerprint density at radius 1 is 0.912 bits per heavy atom. The molecule has 5 aromatic rings. The first-order valence-corrected chi connectivity index (χ1v) is 11.2. The van der Waals surface area contributed by atoms with Gasteiger partial charge in [-0.3, -0.25) is 20.4 Å². The summed E-state index contributed by atoms with van der Waals surface area (Å²) in [7, 11) is 0. The fourth-order valence-electron chi connectivity index (χ4n) is 3.88. The summed E-state index contributed by atoms with van der Waals surface area (Å²) in [5.41, 5.74) is 7.66. The highest BCUT2D eigenvalue weighted by atomic mass is 79.9. The molecule has 2 aromatic heterocycles. The van der Waals surface area contributed by atoms with E-state index < -0.39 is 17.4 Å². The third-order valence-electron chi connectivity index (χ3n) is 5.47. The van der Waals surface area contributed by atoms with Crippen molar-refractivity contribution in [3.63, 3.8) is 0 Å². The average molecular weight is 516 g/mol. The quantitative estimate of drug-likeness (QED) is 0.230. The predicted octanol–water partition coefficient (Wildman–Crippen LogP) is 5.09. The molecule has 0 bridgehead atoms. The number of aromatic nitrogens is 1. The number of carbonyl (C=O) groups excluding carboxylic acids is 2. The second-order valence-electron chi connectivity index (χ2n) is 7.83. The molecule has 3 aromatic carbocycles. The van der Waals surface area contributed by atoms with E-state index in [4.69, 9.17) is 4.42 Å². The van der Waals surface area contributed by atoms with Crippen LogP contribution in [0.3, 0.4) is 0 Å². The summed E-state index contributed by atoms with van der Waals surface area (Å²) in [5.74, 6) is -1.33. The van der Waals surface area contributed by atoms with E-state index in [0.717, 1.165) is 26.5 Å². The molecule has 0 aliphatic heterocycles. The minimum absolute atomic E-state index is 0.206. The number of halogens is 1. The van der Waals surface area contributed by atoms with Crippen molar-refractivity contribution >= 4 is 49.6 Å². The molecule has 0 spiro atoms. The van der Waals surface area contributed by atoms with Crippen LogP contribution in [0.2, 0.25) is 0 Å². The van der Waals surface area contributed by atoms with Crippen LogP contribution in [0.4, 0.5) is 0 Å². The van der Waals surface area contributed by atoms with Crippen molar-refractivity contribution in [2.24, 2.45) is 0 Å². The zero-order valence-corrected chi connectivity index (χ0v) is 19.5. The summed E-state index contributed by atoms with van der Waals surface area (Å²) < 4.78 is 6.12. The van der Waals surface area contributed by atoms with Gasteiger partial charge in [-0.1, -0.05) is 57.9 Å². The molecule has 7 nitrogen and oxygen atoms in total. The lowest BCUT2D eigenvalue weighted by Gasteiger charge is -2.09. The number of amides is 2. The van der Waals surface area contributed by atoms with E-state index in [0.29, 0.717) is 16.5 Å². The van der Waals surface area contributed by atoms with Gasteiger partial charge >= 0.3 is 5.63 Å². The lowest BCUT2D eigenvalue weighted by atomic mass is 10.0. The second kappa shape index (κ2) is 8.64. The van der Waals surface area contributed by atoms with Crippen molar-refractivity contribution in [3.05, 3.63) is 105 Å². The van der Waals surface area contributed by atoms with Gasteiger partial charge in [-0.25, -0.2) is 4.79 Å². The number of hydrogen-bond donors (Lipinski definition) is 3. The first-order valence-electron chi connectivity index (χ1n) is 10.4. The maximum Gasteiger partial charge on any atom is 0.349 e. The zero-order valence-electron chi connectivity index (χ0n) is 17.9. The lowest BCUT2D eigenvalue weighted by molar-refractivity contribution is 0.0842. The van der Waals surface area contributed by atoms with E-state index >= 15 is 0 Å². The smallest absolute Gasteiger partial charge is 0.349 e. The summed E-state index contributed by atoms with van der Waals surface area (Å²) in [5, 5.41) is 1.46. The minimum Gasteiger partial charge on any atom is -0.422 e. The highest BCUT2D eigenvalue weighted by molar-refractivity contribution is 9.10. The van der Waals surface area contributed by atoms with Crippen LogP contribution < -0.4 is 16.5 Å². The normalized spacial score (nSPS) is 11.0. The Kier molecular flexibility index (Phi) is 5.51. The van der Waals surface area contributed by atoms with Crippen molar-refractivity contribution in [1.29, 1.82) is 0 Å². The number of benzene rings is 3. The van der Waals surface area contributed by atoms with Crippen molar-refractivity contribution in [1.82, 2.24) is 15.8 Å². The molecule has 0 aliphatic carbocycles. The molecule has 0 atom stereocenters. The highest BCUT2D eigenvalue weighted by Gasteiger charge is 2.21. The van der Waals surface area contributed by atoms with Gasteiger partial charge in [0.2, 0.25) is 0 Å². The molecule has 0 saturated carbocycles. The van der Waals surface area contributed by atoms with Gasteiger partial charge in [-0.15, -0.1) is 0 Å². The molecule has 0 radical (unpaired) electrons.